The first-order valence-corrected chi connectivity index (χ1v) is 4.85. The van der Waals surface area contributed by atoms with Crippen molar-refractivity contribution in [1.29, 1.82) is 0 Å². The number of fused-ring (bicyclic) bond motifs is 1. The van der Waals surface area contributed by atoms with Gasteiger partial charge in [-0.3, -0.25) is 0 Å². The second-order valence-corrected chi connectivity index (χ2v) is 3.76. The third kappa shape index (κ3) is 3.05. The summed E-state index contributed by atoms with van der Waals surface area (Å²) in [5.74, 6) is -0.846. The van der Waals surface area contributed by atoms with E-state index in [0.717, 1.165) is 12.1 Å². The number of rotatable bonds is 1. The summed E-state index contributed by atoms with van der Waals surface area (Å²) in [7, 11) is 0. The first kappa shape index (κ1) is 15.5. The Hall–Kier alpha value is 0.411. The van der Waals surface area contributed by atoms with E-state index in [1.54, 1.807) is 0 Å². The van der Waals surface area contributed by atoms with Crippen molar-refractivity contribution in [2.45, 2.75) is 0 Å². The summed E-state index contributed by atoms with van der Waals surface area (Å²) in [5.41, 5.74) is -0.859. The van der Waals surface area contributed by atoms with Crippen LogP contribution >= 0.6 is 11.6 Å². The first-order chi connectivity index (χ1) is 7.41. The van der Waals surface area contributed by atoms with Gasteiger partial charge in [0.05, 0.1) is 5.02 Å². The molecule has 0 aliphatic rings. The van der Waals surface area contributed by atoms with Crippen molar-refractivity contribution in [3.8, 4) is 0 Å². The van der Waals surface area contributed by atoms with Gasteiger partial charge in [-0.2, -0.15) is 0 Å². The molecule has 7 heteroatoms. The molecule has 0 aliphatic heterocycles. The number of benzene rings is 2. The third-order valence-electron chi connectivity index (χ3n) is 2.32. The average molecular weight is 287 g/mol. The molecule has 84 valence electrons. The van der Waals surface area contributed by atoms with Gasteiger partial charge in [0, 0.05) is 0 Å². The van der Waals surface area contributed by atoms with Gasteiger partial charge < -0.3 is 12.9 Å². The van der Waals surface area contributed by atoms with Crippen LogP contribution in [0, 0.1) is 5.82 Å². The molecule has 17 heavy (non-hydrogen) atoms. The average Bonchev–Trinajstić information content (AvgIpc) is 2.21. The third-order valence-corrected chi connectivity index (χ3v) is 2.69. The van der Waals surface area contributed by atoms with E-state index in [9.17, 15) is 17.3 Å². The summed E-state index contributed by atoms with van der Waals surface area (Å²) in [4.78, 5) is 0. The summed E-state index contributed by atoms with van der Waals surface area (Å²) in [5, 5.41) is -0.466. The topological polar surface area (TPSA) is 0 Å². The first-order valence-electron chi connectivity index (χ1n) is 4.48. The maximum atomic E-state index is 13.1. The van der Waals surface area contributed by atoms with Gasteiger partial charge in [0.25, 0.3) is 0 Å². The summed E-state index contributed by atoms with van der Waals surface area (Å²) in [6.07, 6.45) is 0. The van der Waals surface area contributed by atoms with Gasteiger partial charge in [-0.15, -0.1) is 0 Å². The van der Waals surface area contributed by atoms with Crippen molar-refractivity contribution in [2.24, 2.45) is 0 Å². The standard InChI is InChI=1S/C10H5BClF4.K/c12-10-8(13)5-4-6-2-1-3-7(9(6)10)11(14,15)16;/h1-5H;/q-1;+1. The Morgan fingerprint density at radius 1 is 1.00 bits per heavy atom. The number of hydrogen-bond donors (Lipinski definition) is 0. The molecular formula is C10H5BClF4K. The van der Waals surface area contributed by atoms with E-state index in [1.165, 1.54) is 18.2 Å². The Bertz CT molecular complexity index is 556. The van der Waals surface area contributed by atoms with E-state index < -0.39 is 23.3 Å². The van der Waals surface area contributed by atoms with Gasteiger partial charge in [-0.05, 0) is 16.8 Å². The van der Waals surface area contributed by atoms with E-state index in [4.69, 9.17) is 11.6 Å². The minimum Gasteiger partial charge on any atom is -0.445 e. The van der Waals surface area contributed by atoms with Gasteiger partial charge in [0.1, 0.15) is 5.82 Å². The SMILES string of the molecule is Fc1ccc2cccc([B-](F)(F)F)c2c1Cl.[K+]. The van der Waals surface area contributed by atoms with E-state index in [1.807, 2.05) is 0 Å². The van der Waals surface area contributed by atoms with Crippen LogP contribution in [-0.4, -0.2) is 6.98 Å². The molecule has 0 atom stereocenters. The fourth-order valence-electron chi connectivity index (χ4n) is 1.61. The smallest absolute Gasteiger partial charge is 0.445 e. The fraction of sp³-hybridized carbons (Fsp3) is 0. The zero-order valence-corrected chi connectivity index (χ0v) is 12.7. The van der Waals surface area contributed by atoms with Crippen LogP contribution in [0.4, 0.5) is 17.3 Å². The second-order valence-electron chi connectivity index (χ2n) is 3.38. The van der Waals surface area contributed by atoms with Crippen LogP contribution in [0.3, 0.4) is 0 Å². The predicted molar refractivity (Wildman–Crippen MR) is 57.6 cm³/mol. The molecule has 0 unspecified atom stereocenters. The van der Waals surface area contributed by atoms with Crippen LogP contribution in [0.15, 0.2) is 30.3 Å². The maximum absolute atomic E-state index is 13.1. The minimum atomic E-state index is -5.20. The molecule has 0 amide bonds. The van der Waals surface area contributed by atoms with Crippen molar-refractivity contribution in [3.05, 3.63) is 41.2 Å². The van der Waals surface area contributed by atoms with Gasteiger partial charge in [-0.25, -0.2) is 4.39 Å². The van der Waals surface area contributed by atoms with Gasteiger partial charge >= 0.3 is 58.4 Å². The Morgan fingerprint density at radius 3 is 2.24 bits per heavy atom. The monoisotopic (exact) mass is 286 g/mol. The largest absolute Gasteiger partial charge is 1.00 e. The maximum Gasteiger partial charge on any atom is 1.00 e. The molecule has 0 radical (unpaired) electrons. The molecule has 0 saturated carbocycles. The molecular weight excluding hydrogens is 281 g/mol. The normalized spacial score (nSPS) is 11.4. The number of hydrogen-bond acceptors (Lipinski definition) is 0. The van der Waals surface area contributed by atoms with E-state index >= 15 is 0 Å². The van der Waals surface area contributed by atoms with Crippen LogP contribution in [0.25, 0.3) is 10.8 Å². The van der Waals surface area contributed by atoms with Crippen LogP contribution in [0.1, 0.15) is 0 Å². The van der Waals surface area contributed by atoms with Crippen molar-refractivity contribution < 1.29 is 68.7 Å². The molecule has 0 nitrogen and oxygen atoms in total. The fourth-order valence-corrected chi connectivity index (χ4v) is 1.89. The summed E-state index contributed by atoms with van der Waals surface area (Å²) < 4.78 is 51.3. The van der Waals surface area contributed by atoms with Crippen molar-refractivity contribution >= 4 is 34.8 Å². The van der Waals surface area contributed by atoms with Crippen molar-refractivity contribution in [2.75, 3.05) is 0 Å². The van der Waals surface area contributed by atoms with E-state index in [2.05, 4.69) is 0 Å². The van der Waals surface area contributed by atoms with Crippen LogP contribution in [-0.2, 0) is 0 Å². The predicted octanol–water partition coefficient (Wildman–Crippen LogP) is 0.691. The van der Waals surface area contributed by atoms with Crippen molar-refractivity contribution in [1.82, 2.24) is 0 Å². The Labute approximate surface area is 143 Å². The zero-order valence-electron chi connectivity index (χ0n) is 8.85. The molecule has 2 aromatic rings. The summed E-state index contributed by atoms with van der Waals surface area (Å²) in [6.45, 7) is -5.20. The Morgan fingerprint density at radius 2 is 1.65 bits per heavy atom. The number of halogens is 5. The van der Waals surface area contributed by atoms with Crippen LogP contribution < -0.4 is 56.8 Å². The van der Waals surface area contributed by atoms with E-state index in [-0.39, 0.29) is 62.2 Å². The van der Waals surface area contributed by atoms with E-state index in [0.29, 0.717) is 0 Å². The van der Waals surface area contributed by atoms with Crippen LogP contribution in [0.2, 0.25) is 5.02 Å². The van der Waals surface area contributed by atoms with Gasteiger partial charge in [-0.1, -0.05) is 41.3 Å². The molecule has 0 spiro atoms. The molecule has 0 aromatic heterocycles. The van der Waals surface area contributed by atoms with Crippen LogP contribution in [0.5, 0.6) is 0 Å². The molecule has 2 rings (SSSR count). The summed E-state index contributed by atoms with van der Waals surface area (Å²) >= 11 is 5.57. The summed E-state index contributed by atoms with van der Waals surface area (Å²) in [6, 6.07) is 5.99. The second kappa shape index (κ2) is 5.59. The Balaban J connectivity index is 0.00000144. The molecule has 0 aliphatic carbocycles. The van der Waals surface area contributed by atoms with Gasteiger partial charge in [0.2, 0.25) is 0 Å². The molecule has 0 saturated heterocycles. The molecule has 0 heterocycles. The molecule has 2 aromatic carbocycles. The van der Waals surface area contributed by atoms with Crippen molar-refractivity contribution in [3.63, 3.8) is 0 Å². The molecule has 0 bridgehead atoms. The zero-order chi connectivity index (χ0) is 11.9. The Kier molecular flexibility index (Phi) is 5.08. The molecule has 0 N–H and O–H groups in total. The quantitative estimate of drug-likeness (QED) is 0.534. The molecule has 0 fully saturated rings. The van der Waals surface area contributed by atoms with Gasteiger partial charge in [0.15, 0.2) is 0 Å². The minimum absolute atomic E-state index is 0.